The molecule has 0 rings (SSSR count). The van der Waals surface area contributed by atoms with Crippen molar-refractivity contribution in [1.29, 1.82) is 0 Å². The highest BCUT2D eigenvalue weighted by Gasteiger charge is 2.12. The Hall–Kier alpha value is -0.0100. The SMILES string of the molecule is CCCCCCCCCCCCCCCCCCCCOP(=O)(O)O.OCCNCCO. The molecule has 8 heteroatoms. The van der Waals surface area contributed by atoms with Gasteiger partial charge in [-0.3, -0.25) is 4.52 Å². The second kappa shape index (κ2) is 29.0. The van der Waals surface area contributed by atoms with Crippen molar-refractivity contribution in [3.8, 4) is 0 Å². The summed E-state index contributed by atoms with van der Waals surface area (Å²) in [4.78, 5) is 17.1. The average Bonchev–Trinajstić information content (AvgIpc) is 2.75. The molecular weight excluding hydrogens is 429 g/mol. The number of unbranched alkanes of at least 4 members (excludes halogenated alkanes) is 17. The van der Waals surface area contributed by atoms with Gasteiger partial charge >= 0.3 is 7.82 Å². The lowest BCUT2D eigenvalue weighted by molar-refractivity contribution is 0.193. The zero-order chi connectivity index (χ0) is 24.2. The second-order valence-electron chi connectivity index (χ2n) is 8.53. The third-order valence-corrected chi connectivity index (χ3v) is 5.85. The van der Waals surface area contributed by atoms with Crippen molar-refractivity contribution >= 4 is 7.82 Å². The molecule has 0 saturated carbocycles. The van der Waals surface area contributed by atoms with Gasteiger partial charge in [0.15, 0.2) is 0 Å². The molecule has 0 aliphatic heterocycles. The van der Waals surface area contributed by atoms with Crippen LogP contribution in [0, 0.1) is 0 Å². The maximum absolute atomic E-state index is 10.5. The van der Waals surface area contributed by atoms with Gasteiger partial charge in [-0.1, -0.05) is 116 Å². The molecule has 0 atom stereocenters. The van der Waals surface area contributed by atoms with E-state index < -0.39 is 7.82 Å². The average molecular weight is 484 g/mol. The maximum Gasteiger partial charge on any atom is 0.469 e. The molecule has 0 fully saturated rings. The Labute approximate surface area is 198 Å². The highest BCUT2D eigenvalue weighted by atomic mass is 31.2. The van der Waals surface area contributed by atoms with E-state index in [1.807, 2.05) is 0 Å². The van der Waals surface area contributed by atoms with Gasteiger partial charge in [0.2, 0.25) is 0 Å². The van der Waals surface area contributed by atoms with Crippen LogP contribution in [0.2, 0.25) is 0 Å². The minimum atomic E-state index is -4.26. The summed E-state index contributed by atoms with van der Waals surface area (Å²) in [6, 6.07) is 0. The molecule has 196 valence electrons. The fourth-order valence-corrected chi connectivity index (χ4v) is 3.84. The van der Waals surface area contributed by atoms with Crippen molar-refractivity contribution in [3.05, 3.63) is 0 Å². The van der Waals surface area contributed by atoms with Crippen molar-refractivity contribution in [2.75, 3.05) is 32.9 Å². The summed E-state index contributed by atoms with van der Waals surface area (Å²) >= 11 is 0. The van der Waals surface area contributed by atoms with Gasteiger partial charge in [-0.05, 0) is 6.42 Å². The van der Waals surface area contributed by atoms with E-state index in [1.54, 1.807) is 0 Å². The molecule has 0 unspecified atom stereocenters. The normalized spacial score (nSPS) is 11.4. The number of phosphoric ester groups is 1. The molecule has 0 spiro atoms. The van der Waals surface area contributed by atoms with Crippen molar-refractivity contribution < 1.29 is 29.1 Å². The third kappa shape index (κ3) is 37.3. The predicted molar refractivity (Wildman–Crippen MR) is 134 cm³/mol. The number of hydrogen-bond acceptors (Lipinski definition) is 5. The van der Waals surface area contributed by atoms with E-state index in [1.165, 1.54) is 96.3 Å². The number of rotatable bonds is 24. The van der Waals surface area contributed by atoms with Crippen LogP contribution < -0.4 is 5.32 Å². The largest absolute Gasteiger partial charge is 0.469 e. The highest BCUT2D eigenvalue weighted by molar-refractivity contribution is 7.46. The molecule has 0 bridgehead atoms. The minimum absolute atomic E-state index is 0.139. The van der Waals surface area contributed by atoms with E-state index in [9.17, 15) is 4.57 Å². The standard InChI is InChI=1S/C20H43O4P.C4H11NO2/c1-2-3-4-5-6-7-8-9-10-11-12-13-14-15-16-17-18-19-20-24-25(21,22)23;6-3-1-5-2-4-7/h2-20H2,1H3,(H2,21,22,23);5-7H,1-4H2. The molecule has 0 aliphatic rings. The zero-order valence-electron chi connectivity index (χ0n) is 20.8. The Kier molecular flexibility index (Phi) is 31.0. The van der Waals surface area contributed by atoms with E-state index in [-0.39, 0.29) is 19.8 Å². The van der Waals surface area contributed by atoms with Crippen LogP contribution in [0.3, 0.4) is 0 Å². The summed E-state index contributed by atoms with van der Waals surface area (Å²) in [5.74, 6) is 0. The number of aliphatic hydroxyl groups is 2. The maximum atomic E-state index is 10.5. The quantitative estimate of drug-likeness (QED) is 0.0882. The fourth-order valence-electron chi connectivity index (χ4n) is 3.47. The van der Waals surface area contributed by atoms with Crippen LogP contribution in [0.25, 0.3) is 0 Å². The lowest BCUT2D eigenvalue weighted by atomic mass is 10.0. The van der Waals surface area contributed by atoms with Crippen LogP contribution in [0.4, 0.5) is 0 Å². The van der Waals surface area contributed by atoms with Gasteiger partial charge in [0.25, 0.3) is 0 Å². The van der Waals surface area contributed by atoms with Crippen LogP contribution >= 0.6 is 7.82 Å². The third-order valence-electron chi connectivity index (χ3n) is 5.33. The Morgan fingerprint density at radius 3 is 1.19 bits per heavy atom. The molecule has 5 N–H and O–H groups in total. The monoisotopic (exact) mass is 483 g/mol. The Morgan fingerprint density at radius 2 is 0.906 bits per heavy atom. The number of nitrogens with one attached hydrogen (secondary N) is 1. The van der Waals surface area contributed by atoms with Gasteiger partial charge < -0.3 is 25.3 Å². The van der Waals surface area contributed by atoms with Crippen molar-refractivity contribution in [2.45, 2.75) is 122 Å². The molecule has 0 aromatic heterocycles. The first-order valence-electron chi connectivity index (χ1n) is 13.1. The van der Waals surface area contributed by atoms with Gasteiger partial charge in [0, 0.05) is 13.1 Å². The summed E-state index contributed by atoms with van der Waals surface area (Å²) in [6.07, 6.45) is 23.6. The molecule has 0 aromatic rings. The van der Waals surface area contributed by atoms with E-state index in [0.717, 1.165) is 19.3 Å². The first-order chi connectivity index (χ1) is 15.5. The number of aliphatic hydroxyl groups excluding tert-OH is 2. The molecule has 0 amide bonds. The first-order valence-corrected chi connectivity index (χ1v) is 14.6. The fraction of sp³-hybridized carbons (Fsp3) is 1.00. The van der Waals surface area contributed by atoms with Crippen LogP contribution in [0.15, 0.2) is 0 Å². The van der Waals surface area contributed by atoms with Crippen LogP contribution in [-0.4, -0.2) is 52.9 Å². The minimum Gasteiger partial charge on any atom is -0.395 e. The van der Waals surface area contributed by atoms with Crippen LogP contribution in [0.5, 0.6) is 0 Å². The van der Waals surface area contributed by atoms with E-state index in [4.69, 9.17) is 20.0 Å². The van der Waals surface area contributed by atoms with Crippen molar-refractivity contribution in [1.82, 2.24) is 5.32 Å². The summed E-state index contributed by atoms with van der Waals surface area (Å²) < 4.78 is 14.9. The van der Waals surface area contributed by atoms with E-state index >= 15 is 0 Å². The van der Waals surface area contributed by atoms with Crippen LogP contribution in [-0.2, 0) is 9.09 Å². The molecule has 0 saturated heterocycles. The molecule has 7 nitrogen and oxygen atoms in total. The Balaban J connectivity index is 0. The Bertz CT molecular complexity index is 378. The van der Waals surface area contributed by atoms with E-state index in [2.05, 4.69) is 16.8 Å². The summed E-state index contributed by atoms with van der Waals surface area (Å²) in [5, 5.41) is 19.1. The number of phosphoric acid groups is 1. The topological polar surface area (TPSA) is 119 Å². The Morgan fingerprint density at radius 1 is 0.594 bits per heavy atom. The highest BCUT2D eigenvalue weighted by Crippen LogP contribution is 2.35. The van der Waals surface area contributed by atoms with Gasteiger partial charge in [-0.2, -0.15) is 0 Å². The second-order valence-corrected chi connectivity index (χ2v) is 9.77. The summed E-state index contributed by atoms with van der Waals surface area (Å²) in [7, 11) is -4.26. The summed E-state index contributed by atoms with van der Waals surface area (Å²) in [6.45, 7) is 3.86. The number of hydrogen-bond donors (Lipinski definition) is 5. The molecule has 0 aromatic carbocycles. The van der Waals surface area contributed by atoms with Gasteiger partial charge in [0.1, 0.15) is 0 Å². The van der Waals surface area contributed by atoms with Crippen molar-refractivity contribution in [3.63, 3.8) is 0 Å². The molecule has 0 radical (unpaired) electrons. The zero-order valence-corrected chi connectivity index (χ0v) is 21.7. The molecular formula is C24H54NO6P. The molecule has 0 aliphatic carbocycles. The van der Waals surface area contributed by atoms with Gasteiger partial charge in [0.05, 0.1) is 19.8 Å². The lowest BCUT2D eigenvalue weighted by Crippen LogP contribution is -2.21. The molecule has 32 heavy (non-hydrogen) atoms. The first kappa shape index (κ1) is 34.2. The lowest BCUT2D eigenvalue weighted by Gasteiger charge is -2.05. The van der Waals surface area contributed by atoms with Crippen molar-refractivity contribution in [2.24, 2.45) is 0 Å². The smallest absolute Gasteiger partial charge is 0.395 e. The predicted octanol–water partition coefficient (Wildman–Crippen LogP) is 5.70. The summed E-state index contributed by atoms with van der Waals surface area (Å²) in [5.41, 5.74) is 0. The van der Waals surface area contributed by atoms with E-state index in [0.29, 0.717) is 13.1 Å². The molecule has 0 heterocycles. The van der Waals surface area contributed by atoms with Gasteiger partial charge in [-0.25, -0.2) is 4.57 Å². The van der Waals surface area contributed by atoms with Crippen LogP contribution in [0.1, 0.15) is 122 Å². The van der Waals surface area contributed by atoms with Gasteiger partial charge in [-0.15, -0.1) is 0 Å².